The molecule has 4 aromatic rings. The number of hydrogen-bond acceptors (Lipinski definition) is 8. The number of aliphatic carboxylic acids is 1. The summed E-state index contributed by atoms with van der Waals surface area (Å²) in [6, 6.07) is 11.4. The van der Waals surface area contributed by atoms with Crippen LogP contribution in [0.25, 0.3) is 11.1 Å². The molecular formula is C35H36Cl2FN5O6. The van der Waals surface area contributed by atoms with E-state index in [0.717, 1.165) is 46.6 Å². The number of aromatic nitrogens is 2. The van der Waals surface area contributed by atoms with Crippen LogP contribution in [-0.2, 0) is 37.8 Å². The molecule has 0 saturated carbocycles. The van der Waals surface area contributed by atoms with Gasteiger partial charge >= 0.3 is 5.97 Å². The average Bonchev–Trinajstić information content (AvgIpc) is 3.64. The molecule has 0 bridgehead atoms. The first-order chi connectivity index (χ1) is 23.5. The Morgan fingerprint density at radius 2 is 1.88 bits per heavy atom. The van der Waals surface area contributed by atoms with E-state index in [4.69, 9.17) is 32.7 Å². The lowest BCUT2D eigenvalue weighted by atomic mass is 9.96. The zero-order chi connectivity index (χ0) is 35.0. The van der Waals surface area contributed by atoms with Gasteiger partial charge < -0.3 is 34.5 Å². The van der Waals surface area contributed by atoms with Crippen molar-refractivity contribution in [2.75, 3.05) is 32.6 Å². The molecule has 0 fully saturated rings. The molecule has 2 aliphatic rings. The Bertz CT molecular complexity index is 1940. The van der Waals surface area contributed by atoms with Gasteiger partial charge in [-0.15, -0.1) is 0 Å². The van der Waals surface area contributed by atoms with Crippen molar-refractivity contribution >= 4 is 40.8 Å². The number of benzene rings is 3. The van der Waals surface area contributed by atoms with Crippen LogP contribution >= 0.6 is 23.2 Å². The molecule has 1 amide bonds. The lowest BCUT2D eigenvalue weighted by Crippen LogP contribution is -2.39. The fraction of sp³-hybridized carbons (Fsp3) is 0.343. The zero-order valence-electron chi connectivity index (χ0n) is 27.1. The van der Waals surface area contributed by atoms with Crippen molar-refractivity contribution in [1.82, 2.24) is 19.8 Å². The van der Waals surface area contributed by atoms with Crippen LogP contribution in [0.15, 0.2) is 42.5 Å². The SMILES string of the molecule is COc1c(CN[C@@H](CO)C(=O)O)cc(Cl)c(OC2CCc3c(-c4cccc(NC(=O)c5nc6c(n5C)CCN(C)C6)c4Cl)cccc32)c1F. The number of methoxy groups -OCH3 is 1. The van der Waals surface area contributed by atoms with Gasteiger partial charge in [-0.1, -0.05) is 53.5 Å². The second-order valence-corrected chi connectivity index (χ2v) is 12.9. The zero-order valence-corrected chi connectivity index (χ0v) is 28.7. The summed E-state index contributed by atoms with van der Waals surface area (Å²) in [5.41, 5.74) is 6.09. The van der Waals surface area contributed by atoms with Crippen LogP contribution in [0.3, 0.4) is 0 Å². The minimum atomic E-state index is -1.25. The molecule has 49 heavy (non-hydrogen) atoms. The van der Waals surface area contributed by atoms with Gasteiger partial charge in [0.1, 0.15) is 12.1 Å². The number of nitrogens with zero attached hydrogens (tertiary/aromatic N) is 3. The van der Waals surface area contributed by atoms with Crippen LogP contribution in [0.5, 0.6) is 11.5 Å². The Morgan fingerprint density at radius 1 is 1.12 bits per heavy atom. The van der Waals surface area contributed by atoms with E-state index in [1.165, 1.54) is 13.2 Å². The van der Waals surface area contributed by atoms with Crippen LogP contribution in [-0.4, -0.2) is 69.9 Å². The Balaban J connectivity index is 1.24. The minimum absolute atomic E-state index is 0.0114. The van der Waals surface area contributed by atoms with E-state index in [1.54, 1.807) is 6.07 Å². The number of aliphatic hydroxyl groups is 1. The highest BCUT2D eigenvalue weighted by Gasteiger charge is 2.31. The van der Waals surface area contributed by atoms with Gasteiger partial charge in [-0.25, -0.2) is 4.98 Å². The maximum Gasteiger partial charge on any atom is 0.323 e. The minimum Gasteiger partial charge on any atom is -0.493 e. The number of halogens is 3. The standard InChI is InChI=1S/C35H36Cl2FN5O6/c1-42-13-12-27-25(16-42)40-33(43(27)2)34(45)41-24-9-5-8-22(29(24)37)19-6-4-7-21-20(19)10-11-28(21)49-32-23(36)14-18(31(48-3)30(32)38)15-39-26(17-44)35(46)47/h4-9,14,26,28,39,44H,10-13,15-17H2,1-3H3,(H,41,45)(H,46,47)/t26-,28?/m0/s1. The molecule has 2 atom stereocenters. The van der Waals surface area contributed by atoms with Crippen LogP contribution < -0.4 is 20.1 Å². The molecular weight excluding hydrogens is 676 g/mol. The molecule has 11 nitrogen and oxygen atoms in total. The molecule has 258 valence electrons. The molecule has 0 radical (unpaired) electrons. The Morgan fingerprint density at radius 3 is 2.61 bits per heavy atom. The fourth-order valence-electron chi connectivity index (χ4n) is 6.57. The number of carboxylic acids is 1. The highest BCUT2D eigenvalue weighted by atomic mass is 35.5. The molecule has 3 aromatic carbocycles. The first-order valence-electron chi connectivity index (χ1n) is 15.8. The second kappa shape index (κ2) is 14.3. The van der Waals surface area contributed by atoms with Gasteiger partial charge in [0, 0.05) is 49.9 Å². The largest absolute Gasteiger partial charge is 0.493 e. The predicted octanol–water partition coefficient (Wildman–Crippen LogP) is 5.38. The summed E-state index contributed by atoms with van der Waals surface area (Å²) in [5, 5.41) is 24.5. The topological polar surface area (TPSA) is 138 Å². The molecule has 4 N–H and O–H groups in total. The Hall–Kier alpha value is -4.20. The number of amides is 1. The average molecular weight is 713 g/mol. The number of ether oxygens (including phenoxy) is 2. The summed E-state index contributed by atoms with van der Waals surface area (Å²) in [4.78, 5) is 31.5. The van der Waals surface area contributed by atoms with Crippen molar-refractivity contribution in [3.8, 4) is 22.6 Å². The number of aliphatic hydroxyl groups excluding tert-OH is 1. The lowest BCUT2D eigenvalue weighted by Gasteiger charge is -2.21. The summed E-state index contributed by atoms with van der Waals surface area (Å²) in [7, 11) is 5.17. The van der Waals surface area contributed by atoms with E-state index < -0.39 is 30.5 Å². The van der Waals surface area contributed by atoms with Gasteiger partial charge in [-0.2, -0.15) is 4.39 Å². The van der Waals surface area contributed by atoms with Crippen LogP contribution in [0.1, 0.15) is 51.2 Å². The lowest BCUT2D eigenvalue weighted by molar-refractivity contribution is -0.140. The smallest absolute Gasteiger partial charge is 0.323 e. The van der Waals surface area contributed by atoms with Gasteiger partial charge in [0.05, 0.1) is 35.1 Å². The van der Waals surface area contributed by atoms with Gasteiger partial charge in [0.25, 0.3) is 5.91 Å². The van der Waals surface area contributed by atoms with Gasteiger partial charge in [0.15, 0.2) is 17.3 Å². The quantitative estimate of drug-likeness (QED) is 0.162. The molecule has 0 saturated heterocycles. The van der Waals surface area contributed by atoms with Crippen molar-refractivity contribution in [2.24, 2.45) is 7.05 Å². The summed E-state index contributed by atoms with van der Waals surface area (Å²) in [6.45, 7) is 0.825. The highest BCUT2D eigenvalue weighted by Crippen LogP contribution is 2.46. The van der Waals surface area contributed by atoms with Gasteiger partial charge in [-0.05, 0) is 48.7 Å². The van der Waals surface area contributed by atoms with E-state index in [1.807, 2.05) is 49.0 Å². The number of carbonyl (C=O) groups is 2. The number of nitrogens with one attached hydrogen (secondary N) is 2. The third-order valence-corrected chi connectivity index (χ3v) is 9.78. The number of carboxylic acid groups (broad SMARTS) is 1. The molecule has 14 heteroatoms. The third-order valence-electron chi connectivity index (χ3n) is 9.09. The van der Waals surface area contributed by atoms with E-state index in [9.17, 15) is 19.8 Å². The van der Waals surface area contributed by atoms with Crippen LogP contribution in [0.2, 0.25) is 10.0 Å². The number of rotatable bonds is 11. The van der Waals surface area contributed by atoms with Gasteiger partial charge in [-0.3, -0.25) is 14.9 Å². The molecule has 1 aliphatic heterocycles. The molecule has 1 aliphatic carbocycles. The Kier molecular flexibility index (Phi) is 10.1. The second-order valence-electron chi connectivity index (χ2n) is 12.2. The Labute approximate surface area is 292 Å². The summed E-state index contributed by atoms with van der Waals surface area (Å²) in [5.74, 6) is -2.43. The first kappa shape index (κ1) is 34.7. The van der Waals surface area contributed by atoms with Crippen LogP contribution in [0, 0.1) is 5.82 Å². The maximum absolute atomic E-state index is 15.8. The van der Waals surface area contributed by atoms with E-state index in [2.05, 4.69) is 20.5 Å². The number of carbonyl (C=O) groups excluding carboxylic acids is 1. The third kappa shape index (κ3) is 6.71. The molecule has 1 unspecified atom stereocenters. The highest BCUT2D eigenvalue weighted by molar-refractivity contribution is 6.36. The fourth-order valence-corrected chi connectivity index (χ4v) is 7.10. The molecule has 1 aromatic heterocycles. The van der Waals surface area contributed by atoms with E-state index in [-0.39, 0.29) is 34.5 Å². The molecule has 0 spiro atoms. The predicted molar refractivity (Wildman–Crippen MR) is 183 cm³/mol. The number of fused-ring (bicyclic) bond motifs is 2. The van der Waals surface area contributed by atoms with Crippen molar-refractivity contribution in [3.63, 3.8) is 0 Å². The summed E-state index contributed by atoms with van der Waals surface area (Å²) < 4.78 is 29.1. The first-order valence-corrected chi connectivity index (χ1v) is 16.5. The summed E-state index contributed by atoms with van der Waals surface area (Å²) in [6.07, 6.45) is 1.44. The molecule has 2 heterocycles. The number of hydrogen-bond donors (Lipinski definition) is 4. The summed E-state index contributed by atoms with van der Waals surface area (Å²) >= 11 is 13.5. The number of anilines is 1. The van der Waals surface area contributed by atoms with E-state index >= 15 is 4.39 Å². The number of likely N-dealkylation sites (N-methyl/N-ethyl adjacent to an activating group) is 1. The number of imidazole rings is 1. The van der Waals surface area contributed by atoms with Crippen molar-refractivity contribution in [3.05, 3.63) is 92.2 Å². The van der Waals surface area contributed by atoms with Crippen molar-refractivity contribution in [2.45, 2.75) is 44.5 Å². The normalized spacial score (nSPS) is 16.2. The van der Waals surface area contributed by atoms with Crippen molar-refractivity contribution < 1.29 is 33.7 Å². The maximum atomic E-state index is 15.8. The van der Waals surface area contributed by atoms with Crippen LogP contribution in [0.4, 0.5) is 10.1 Å². The van der Waals surface area contributed by atoms with E-state index in [0.29, 0.717) is 35.9 Å². The van der Waals surface area contributed by atoms with Gasteiger partial charge in [0.2, 0.25) is 5.82 Å². The van der Waals surface area contributed by atoms with Crippen molar-refractivity contribution in [1.29, 1.82) is 0 Å². The molecule has 6 rings (SSSR count). The monoisotopic (exact) mass is 711 g/mol.